The van der Waals surface area contributed by atoms with E-state index in [1.807, 2.05) is 11.6 Å². The first-order valence-corrected chi connectivity index (χ1v) is 7.46. The van der Waals surface area contributed by atoms with Crippen molar-refractivity contribution in [3.8, 4) is 0 Å². The minimum atomic E-state index is 0.152. The lowest BCUT2D eigenvalue weighted by Crippen LogP contribution is -2.29. The van der Waals surface area contributed by atoms with Gasteiger partial charge >= 0.3 is 0 Å². The van der Waals surface area contributed by atoms with Gasteiger partial charge in [0.05, 0.1) is 0 Å². The van der Waals surface area contributed by atoms with Crippen molar-refractivity contribution in [2.75, 3.05) is 19.7 Å². The topological polar surface area (TPSA) is 34.1 Å². The average molecular weight is 254 g/mol. The van der Waals surface area contributed by atoms with Crippen LogP contribution in [0.25, 0.3) is 0 Å². The molecule has 0 aliphatic carbocycles. The molecule has 0 amide bonds. The van der Waals surface area contributed by atoms with Crippen molar-refractivity contribution < 1.29 is 4.74 Å². The molecule has 1 fully saturated rings. The molecule has 1 aliphatic heterocycles. The largest absolute Gasteiger partial charge is 0.371 e. The van der Waals surface area contributed by atoms with Crippen molar-refractivity contribution in [2.24, 2.45) is 5.92 Å². The van der Waals surface area contributed by atoms with Gasteiger partial charge in [-0.2, -0.15) is 0 Å². The van der Waals surface area contributed by atoms with Crippen molar-refractivity contribution >= 4 is 11.3 Å². The number of nitrogens with zero attached hydrogens (tertiary/aromatic N) is 1. The van der Waals surface area contributed by atoms with Gasteiger partial charge in [-0.25, -0.2) is 4.98 Å². The second-order valence-electron chi connectivity index (χ2n) is 4.74. The normalized spacial score (nSPS) is 22.5. The van der Waals surface area contributed by atoms with E-state index < -0.39 is 0 Å². The van der Waals surface area contributed by atoms with E-state index >= 15 is 0 Å². The molecule has 0 aromatic carbocycles. The molecule has 0 bridgehead atoms. The SMILES string of the molecule is C[C@@H](OCCC[C@@H]1CCCNC1)c1nccs1. The van der Waals surface area contributed by atoms with Crippen LogP contribution in [0.15, 0.2) is 11.6 Å². The summed E-state index contributed by atoms with van der Waals surface area (Å²) in [6.45, 7) is 5.34. The van der Waals surface area contributed by atoms with Crippen LogP contribution in [0.3, 0.4) is 0 Å². The summed E-state index contributed by atoms with van der Waals surface area (Å²) in [5.41, 5.74) is 0. The summed E-state index contributed by atoms with van der Waals surface area (Å²) in [5, 5.41) is 6.55. The molecule has 2 heterocycles. The number of thiazole rings is 1. The maximum absolute atomic E-state index is 5.80. The van der Waals surface area contributed by atoms with Crippen molar-refractivity contribution in [3.05, 3.63) is 16.6 Å². The smallest absolute Gasteiger partial charge is 0.121 e. The van der Waals surface area contributed by atoms with Crippen LogP contribution in [0.2, 0.25) is 0 Å². The Kier molecular flexibility index (Phi) is 5.42. The summed E-state index contributed by atoms with van der Waals surface area (Å²) in [4.78, 5) is 4.27. The van der Waals surface area contributed by atoms with E-state index in [9.17, 15) is 0 Å². The first-order chi connectivity index (χ1) is 8.36. The molecule has 17 heavy (non-hydrogen) atoms. The standard InChI is InChI=1S/C13H22N2OS/c1-11(13-15-7-9-17-13)16-8-3-5-12-4-2-6-14-10-12/h7,9,11-12,14H,2-6,8,10H2,1H3/t11-,12+/m1/s1. The molecule has 1 aromatic heterocycles. The summed E-state index contributed by atoms with van der Waals surface area (Å²) < 4.78 is 5.80. The summed E-state index contributed by atoms with van der Waals surface area (Å²) in [6, 6.07) is 0. The summed E-state index contributed by atoms with van der Waals surface area (Å²) >= 11 is 1.67. The van der Waals surface area contributed by atoms with Crippen molar-refractivity contribution in [1.29, 1.82) is 0 Å². The third-order valence-corrected chi connectivity index (χ3v) is 4.26. The lowest BCUT2D eigenvalue weighted by molar-refractivity contribution is 0.0600. The summed E-state index contributed by atoms with van der Waals surface area (Å²) in [5.74, 6) is 0.863. The van der Waals surface area contributed by atoms with Crippen molar-refractivity contribution in [1.82, 2.24) is 10.3 Å². The van der Waals surface area contributed by atoms with Crippen LogP contribution in [0.1, 0.15) is 43.7 Å². The Morgan fingerprint density at radius 2 is 2.59 bits per heavy atom. The van der Waals surface area contributed by atoms with E-state index in [0.717, 1.165) is 17.5 Å². The predicted octanol–water partition coefficient (Wildman–Crippen LogP) is 3.00. The van der Waals surface area contributed by atoms with Gasteiger partial charge < -0.3 is 10.1 Å². The van der Waals surface area contributed by atoms with E-state index in [0.29, 0.717) is 0 Å². The van der Waals surface area contributed by atoms with E-state index in [4.69, 9.17) is 4.74 Å². The van der Waals surface area contributed by atoms with Crippen LogP contribution in [0, 0.1) is 5.92 Å². The van der Waals surface area contributed by atoms with Gasteiger partial charge in [-0.3, -0.25) is 0 Å². The summed E-state index contributed by atoms with van der Waals surface area (Å²) in [6.07, 6.45) is 7.17. The molecule has 0 unspecified atom stereocenters. The lowest BCUT2D eigenvalue weighted by atomic mass is 9.95. The monoisotopic (exact) mass is 254 g/mol. The zero-order chi connectivity index (χ0) is 11.9. The van der Waals surface area contributed by atoms with E-state index in [1.54, 1.807) is 11.3 Å². The molecule has 1 saturated heterocycles. The maximum Gasteiger partial charge on any atom is 0.121 e. The molecular formula is C13H22N2OS. The number of rotatable bonds is 6. The average Bonchev–Trinajstić information content (AvgIpc) is 2.89. The Morgan fingerprint density at radius 3 is 3.29 bits per heavy atom. The second-order valence-corrected chi connectivity index (χ2v) is 5.66. The van der Waals surface area contributed by atoms with Crippen LogP contribution < -0.4 is 5.32 Å². The number of hydrogen-bond acceptors (Lipinski definition) is 4. The van der Waals surface area contributed by atoms with Gasteiger partial charge in [-0.15, -0.1) is 11.3 Å². The molecule has 4 heteroatoms. The van der Waals surface area contributed by atoms with Crippen LogP contribution in [-0.4, -0.2) is 24.7 Å². The molecule has 3 nitrogen and oxygen atoms in total. The first kappa shape index (κ1) is 13.0. The molecule has 1 N–H and O–H groups in total. The fourth-order valence-electron chi connectivity index (χ4n) is 2.31. The molecule has 0 saturated carbocycles. The molecule has 2 rings (SSSR count). The fraction of sp³-hybridized carbons (Fsp3) is 0.769. The highest BCUT2D eigenvalue weighted by atomic mass is 32.1. The third-order valence-electron chi connectivity index (χ3n) is 3.32. The Bertz CT molecular complexity index is 296. The van der Waals surface area contributed by atoms with Crippen molar-refractivity contribution in [3.63, 3.8) is 0 Å². The molecule has 0 radical (unpaired) electrons. The molecule has 1 aliphatic rings. The number of hydrogen-bond donors (Lipinski definition) is 1. The van der Waals surface area contributed by atoms with Gasteiger partial charge in [-0.1, -0.05) is 0 Å². The molecule has 0 spiro atoms. The number of nitrogens with one attached hydrogen (secondary N) is 1. The zero-order valence-electron chi connectivity index (χ0n) is 10.5. The Labute approximate surface area is 108 Å². The Hall–Kier alpha value is -0.450. The lowest BCUT2D eigenvalue weighted by Gasteiger charge is -2.22. The van der Waals surface area contributed by atoms with Gasteiger partial charge in [0.2, 0.25) is 0 Å². The van der Waals surface area contributed by atoms with E-state index in [1.165, 1.54) is 38.8 Å². The van der Waals surface area contributed by atoms with Crippen LogP contribution >= 0.6 is 11.3 Å². The van der Waals surface area contributed by atoms with Gasteiger partial charge in [0.1, 0.15) is 11.1 Å². The van der Waals surface area contributed by atoms with Gasteiger partial charge in [0.15, 0.2) is 0 Å². The van der Waals surface area contributed by atoms with Gasteiger partial charge in [-0.05, 0) is 51.6 Å². The predicted molar refractivity (Wildman–Crippen MR) is 71.3 cm³/mol. The number of aromatic nitrogens is 1. The highest BCUT2D eigenvalue weighted by Gasteiger charge is 2.13. The highest BCUT2D eigenvalue weighted by Crippen LogP contribution is 2.20. The van der Waals surface area contributed by atoms with E-state index in [-0.39, 0.29) is 6.10 Å². The number of ether oxygens (including phenoxy) is 1. The molecule has 1 aromatic rings. The van der Waals surface area contributed by atoms with Crippen LogP contribution in [0.4, 0.5) is 0 Å². The number of piperidine rings is 1. The zero-order valence-corrected chi connectivity index (χ0v) is 11.3. The van der Waals surface area contributed by atoms with Gasteiger partial charge in [0.25, 0.3) is 0 Å². The highest BCUT2D eigenvalue weighted by molar-refractivity contribution is 7.09. The molecular weight excluding hydrogens is 232 g/mol. The van der Waals surface area contributed by atoms with Crippen molar-refractivity contribution in [2.45, 2.75) is 38.7 Å². The van der Waals surface area contributed by atoms with Crippen LogP contribution in [-0.2, 0) is 4.74 Å². The van der Waals surface area contributed by atoms with Gasteiger partial charge in [0, 0.05) is 18.2 Å². The van der Waals surface area contributed by atoms with E-state index in [2.05, 4.69) is 17.2 Å². The molecule has 96 valence electrons. The minimum absolute atomic E-state index is 0.152. The third kappa shape index (κ3) is 4.37. The second kappa shape index (κ2) is 7.09. The molecule has 2 atom stereocenters. The minimum Gasteiger partial charge on any atom is -0.371 e. The Balaban J connectivity index is 1.56. The quantitative estimate of drug-likeness (QED) is 0.792. The summed E-state index contributed by atoms with van der Waals surface area (Å²) in [7, 11) is 0. The Morgan fingerprint density at radius 1 is 1.65 bits per heavy atom. The van der Waals surface area contributed by atoms with Crippen LogP contribution in [0.5, 0.6) is 0 Å². The fourth-order valence-corrected chi connectivity index (χ4v) is 2.95. The first-order valence-electron chi connectivity index (χ1n) is 6.58. The maximum atomic E-state index is 5.80.